The number of nitrogens with one attached hydrogen (secondary N) is 1. The molecule has 0 aliphatic rings. The van der Waals surface area contributed by atoms with Crippen LogP contribution in [0.3, 0.4) is 0 Å². The number of benzene rings is 1. The molecule has 8 heteroatoms. The van der Waals surface area contributed by atoms with Crippen LogP contribution in [-0.2, 0) is 10.0 Å². The van der Waals surface area contributed by atoms with Gasteiger partial charge < -0.3 is 5.11 Å². The first-order chi connectivity index (χ1) is 8.31. The normalized spacial score (nSPS) is 11.5. The summed E-state index contributed by atoms with van der Waals surface area (Å²) < 4.78 is 26.0. The molecule has 0 bridgehead atoms. The van der Waals surface area contributed by atoms with Crippen LogP contribution in [0, 0.1) is 0 Å². The minimum absolute atomic E-state index is 0.109. The van der Waals surface area contributed by atoms with Crippen molar-refractivity contribution in [2.75, 3.05) is 6.54 Å². The summed E-state index contributed by atoms with van der Waals surface area (Å²) in [6.07, 6.45) is 0.607. The number of aromatic carboxylic acids is 1. The molecular formula is C10H11Cl2NO4S. The highest BCUT2D eigenvalue weighted by Crippen LogP contribution is 2.30. The van der Waals surface area contributed by atoms with E-state index in [9.17, 15) is 13.2 Å². The maximum absolute atomic E-state index is 11.9. The molecule has 0 saturated heterocycles. The number of carbonyl (C=O) groups is 1. The van der Waals surface area contributed by atoms with E-state index in [0.717, 1.165) is 0 Å². The number of carboxylic acid groups (broad SMARTS) is 1. The Morgan fingerprint density at radius 3 is 2.50 bits per heavy atom. The minimum Gasteiger partial charge on any atom is -0.478 e. The molecule has 0 unspecified atom stereocenters. The van der Waals surface area contributed by atoms with Crippen LogP contribution in [0.25, 0.3) is 0 Å². The summed E-state index contributed by atoms with van der Waals surface area (Å²) in [6.45, 7) is 2.04. The topological polar surface area (TPSA) is 83.5 Å². The Labute approximate surface area is 115 Å². The number of hydrogen-bond acceptors (Lipinski definition) is 3. The quantitative estimate of drug-likeness (QED) is 0.874. The van der Waals surface area contributed by atoms with Gasteiger partial charge in [-0.2, -0.15) is 0 Å². The fourth-order valence-electron chi connectivity index (χ4n) is 1.25. The van der Waals surface area contributed by atoms with E-state index in [4.69, 9.17) is 28.3 Å². The average molecular weight is 312 g/mol. The Kier molecular flexibility index (Phi) is 4.98. The predicted octanol–water partition coefficient (Wildman–Crippen LogP) is 2.38. The van der Waals surface area contributed by atoms with Crippen LogP contribution in [0.1, 0.15) is 23.7 Å². The molecule has 0 amide bonds. The third-order valence-corrected chi connectivity index (χ3v) is 4.42. The standard InChI is InChI=1S/C10H11Cl2NO4S/c1-2-5-13-18(16,17)7-4-3-6(11)8(9(7)12)10(14)15/h3-4,13H,2,5H2,1H3,(H,14,15). The highest BCUT2D eigenvalue weighted by Gasteiger charge is 2.24. The van der Waals surface area contributed by atoms with Crippen LogP contribution < -0.4 is 4.72 Å². The Hall–Kier alpha value is -0.820. The predicted molar refractivity (Wildman–Crippen MR) is 68.9 cm³/mol. The number of rotatable bonds is 5. The molecule has 0 fully saturated rings. The lowest BCUT2D eigenvalue weighted by molar-refractivity contribution is 0.0697. The molecule has 0 spiro atoms. The molecular weight excluding hydrogens is 301 g/mol. The number of halogens is 2. The monoisotopic (exact) mass is 311 g/mol. The first-order valence-electron chi connectivity index (χ1n) is 5.02. The third kappa shape index (κ3) is 3.14. The molecule has 0 aliphatic heterocycles. The summed E-state index contributed by atoms with van der Waals surface area (Å²) in [5.74, 6) is -1.38. The molecule has 0 atom stereocenters. The summed E-state index contributed by atoms with van der Waals surface area (Å²) in [4.78, 5) is 10.7. The van der Waals surface area contributed by atoms with Gasteiger partial charge in [0.05, 0.1) is 15.6 Å². The molecule has 1 rings (SSSR count). The van der Waals surface area contributed by atoms with Crippen LogP contribution in [0.2, 0.25) is 10.0 Å². The van der Waals surface area contributed by atoms with Gasteiger partial charge in [0.2, 0.25) is 10.0 Å². The lowest BCUT2D eigenvalue weighted by Gasteiger charge is -2.10. The van der Waals surface area contributed by atoms with Crippen molar-refractivity contribution in [3.63, 3.8) is 0 Å². The van der Waals surface area contributed by atoms with Crippen molar-refractivity contribution in [3.8, 4) is 0 Å². The molecule has 100 valence electrons. The van der Waals surface area contributed by atoms with Crippen molar-refractivity contribution in [2.45, 2.75) is 18.2 Å². The molecule has 0 aliphatic carbocycles. The maximum Gasteiger partial charge on any atom is 0.338 e. The zero-order chi connectivity index (χ0) is 13.9. The molecule has 1 aromatic carbocycles. The van der Waals surface area contributed by atoms with Gasteiger partial charge >= 0.3 is 5.97 Å². The van der Waals surface area contributed by atoms with Crippen LogP contribution in [0.4, 0.5) is 0 Å². The van der Waals surface area contributed by atoms with E-state index < -0.39 is 26.6 Å². The summed E-state index contributed by atoms with van der Waals surface area (Å²) in [5, 5.41) is 8.43. The largest absolute Gasteiger partial charge is 0.478 e. The average Bonchev–Trinajstić information content (AvgIpc) is 2.25. The first-order valence-corrected chi connectivity index (χ1v) is 7.26. The zero-order valence-electron chi connectivity index (χ0n) is 9.41. The number of sulfonamides is 1. The summed E-state index contributed by atoms with van der Waals surface area (Å²) >= 11 is 11.5. The smallest absolute Gasteiger partial charge is 0.338 e. The Bertz CT molecular complexity index is 571. The highest BCUT2D eigenvalue weighted by atomic mass is 35.5. The van der Waals surface area contributed by atoms with E-state index in [1.165, 1.54) is 12.1 Å². The minimum atomic E-state index is -3.83. The second-order valence-electron chi connectivity index (χ2n) is 3.44. The van der Waals surface area contributed by atoms with E-state index in [-0.39, 0.29) is 16.5 Å². The lowest BCUT2D eigenvalue weighted by Crippen LogP contribution is -2.25. The van der Waals surface area contributed by atoms with Gasteiger partial charge in [-0.05, 0) is 18.6 Å². The van der Waals surface area contributed by atoms with Gasteiger partial charge in [-0.1, -0.05) is 30.1 Å². The molecule has 0 saturated carbocycles. The summed E-state index contributed by atoms with van der Waals surface area (Å²) in [5.41, 5.74) is -0.419. The number of carboxylic acids is 1. The van der Waals surface area contributed by atoms with Crippen LogP contribution in [0.5, 0.6) is 0 Å². The van der Waals surface area contributed by atoms with Crippen LogP contribution in [-0.4, -0.2) is 26.0 Å². The van der Waals surface area contributed by atoms with Crippen molar-refractivity contribution in [2.24, 2.45) is 0 Å². The van der Waals surface area contributed by atoms with Gasteiger partial charge in [0.25, 0.3) is 0 Å². The SMILES string of the molecule is CCCNS(=O)(=O)c1ccc(Cl)c(C(=O)O)c1Cl. The Balaban J connectivity index is 3.36. The summed E-state index contributed by atoms with van der Waals surface area (Å²) in [6, 6.07) is 2.37. The fraction of sp³-hybridized carbons (Fsp3) is 0.300. The molecule has 0 radical (unpaired) electrons. The molecule has 18 heavy (non-hydrogen) atoms. The lowest BCUT2D eigenvalue weighted by atomic mass is 10.2. The van der Waals surface area contributed by atoms with Crippen molar-refractivity contribution in [1.29, 1.82) is 0 Å². The number of hydrogen-bond donors (Lipinski definition) is 2. The Morgan fingerprint density at radius 2 is 2.00 bits per heavy atom. The van der Waals surface area contributed by atoms with Crippen molar-refractivity contribution in [1.82, 2.24) is 4.72 Å². The van der Waals surface area contributed by atoms with Gasteiger partial charge in [-0.15, -0.1) is 0 Å². The Morgan fingerprint density at radius 1 is 1.39 bits per heavy atom. The molecule has 5 nitrogen and oxygen atoms in total. The van der Waals surface area contributed by atoms with Crippen molar-refractivity contribution in [3.05, 3.63) is 27.7 Å². The second-order valence-corrected chi connectivity index (χ2v) is 5.96. The highest BCUT2D eigenvalue weighted by molar-refractivity contribution is 7.89. The van der Waals surface area contributed by atoms with Crippen LogP contribution in [0.15, 0.2) is 17.0 Å². The molecule has 0 heterocycles. The second kappa shape index (κ2) is 5.88. The van der Waals surface area contributed by atoms with E-state index in [2.05, 4.69) is 4.72 Å². The van der Waals surface area contributed by atoms with E-state index in [1.54, 1.807) is 6.92 Å². The van der Waals surface area contributed by atoms with Gasteiger partial charge in [-0.3, -0.25) is 0 Å². The maximum atomic E-state index is 11.9. The van der Waals surface area contributed by atoms with Gasteiger partial charge in [-0.25, -0.2) is 17.9 Å². The van der Waals surface area contributed by atoms with E-state index in [0.29, 0.717) is 6.42 Å². The van der Waals surface area contributed by atoms with Gasteiger partial charge in [0.15, 0.2) is 0 Å². The van der Waals surface area contributed by atoms with Gasteiger partial charge in [0.1, 0.15) is 4.90 Å². The van der Waals surface area contributed by atoms with E-state index in [1.807, 2.05) is 0 Å². The first kappa shape index (κ1) is 15.2. The van der Waals surface area contributed by atoms with Gasteiger partial charge in [0, 0.05) is 6.54 Å². The van der Waals surface area contributed by atoms with Crippen molar-refractivity contribution < 1.29 is 18.3 Å². The third-order valence-electron chi connectivity index (χ3n) is 2.10. The molecule has 1 aromatic rings. The fourth-order valence-corrected chi connectivity index (χ4v) is 3.30. The molecule has 0 aromatic heterocycles. The van der Waals surface area contributed by atoms with Crippen molar-refractivity contribution >= 4 is 39.2 Å². The molecule has 2 N–H and O–H groups in total. The summed E-state index contributed by atoms with van der Waals surface area (Å²) in [7, 11) is -3.83. The van der Waals surface area contributed by atoms with Crippen LogP contribution >= 0.6 is 23.2 Å². The zero-order valence-corrected chi connectivity index (χ0v) is 11.7. The van der Waals surface area contributed by atoms with E-state index >= 15 is 0 Å².